The summed E-state index contributed by atoms with van der Waals surface area (Å²) in [6.07, 6.45) is 0.319. The zero-order valence-electron chi connectivity index (χ0n) is 8.94. The Hall–Kier alpha value is -2.11. The van der Waals surface area contributed by atoms with Crippen LogP contribution in [-0.4, -0.2) is 28.7 Å². The van der Waals surface area contributed by atoms with E-state index in [-0.39, 0.29) is 24.2 Å². The molecule has 0 saturated carbocycles. The lowest BCUT2D eigenvalue weighted by atomic mass is 10.2. The average molecular weight is 241 g/mol. The molecule has 1 rings (SSSR count). The molecular weight excluding hydrogens is 229 g/mol. The number of halogens is 1. The van der Waals surface area contributed by atoms with E-state index in [2.05, 4.69) is 5.32 Å². The van der Waals surface area contributed by atoms with Crippen molar-refractivity contribution in [2.45, 2.75) is 12.8 Å². The Bertz CT molecular complexity index is 433. The maximum atomic E-state index is 13.2. The Kier molecular flexibility index (Phi) is 4.45. The quantitative estimate of drug-likeness (QED) is 0.661. The van der Waals surface area contributed by atoms with Crippen molar-refractivity contribution < 1.29 is 24.2 Å². The maximum absolute atomic E-state index is 13.2. The molecule has 17 heavy (non-hydrogen) atoms. The van der Waals surface area contributed by atoms with Gasteiger partial charge in [-0.3, -0.25) is 4.79 Å². The number of rotatable bonds is 6. The summed E-state index contributed by atoms with van der Waals surface area (Å²) in [7, 11) is 0. The largest absolute Gasteiger partial charge is 0.481 e. The van der Waals surface area contributed by atoms with Crippen molar-refractivity contribution in [1.82, 2.24) is 0 Å². The Morgan fingerprint density at radius 1 is 1.29 bits per heavy atom. The van der Waals surface area contributed by atoms with E-state index in [9.17, 15) is 14.0 Å². The summed E-state index contributed by atoms with van der Waals surface area (Å²) in [5.41, 5.74) is 0.0439. The van der Waals surface area contributed by atoms with Crippen LogP contribution in [0.25, 0.3) is 0 Å². The summed E-state index contributed by atoms with van der Waals surface area (Å²) in [6.45, 7) is 0.270. The number of aromatic carboxylic acids is 1. The van der Waals surface area contributed by atoms with E-state index in [1.54, 1.807) is 0 Å². The number of anilines is 1. The van der Waals surface area contributed by atoms with Gasteiger partial charge in [0.15, 0.2) is 0 Å². The molecule has 0 spiro atoms. The van der Waals surface area contributed by atoms with Crippen LogP contribution in [0.2, 0.25) is 0 Å². The van der Waals surface area contributed by atoms with Crippen molar-refractivity contribution >= 4 is 17.6 Å². The van der Waals surface area contributed by atoms with Crippen molar-refractivity contribution in [2.24, 2.45) is 0 Å². The van der Waals surface area contributed by atoms with E-state index in [4.69, 9.17) is 10.2 Å². The lowest BCUT2D eigenvalue weighted by Gasteiger charge is -2.07. The molecule has 0 heterocycles. The fraction of sp³-hybridized carbons (Fsp3) is 0.273. The lowest BCUT2D eigenvalue weighted by molar-refractivity contribution is -0.137. The first-order chi connectivity index (χ1) is 8.00. The van der Waals surface area contributed by atoms with Gasteiger partial charge in [-0.1, -0.05) is 0 Å². The van der Waals surface area contributed by atoms with Gasteiger partial charge in [-0.2, -0.15) is 0 Å². The second-order valence-corrected chi connectivity index (χ2v) is 3.42. The number of carboxylic acids is 2. The van der Waals surface area contributed by atoms with Crippen molar-refractivity contribution in [1.29, 1.82) is 0 Å². The van der Waals surface area contributed by atoms with Crippen LogP contribution in [0.15, 0.2) is 18.2 Å². The van der Waals surface area contributed by atoms with Crippen molar-refractivity contribution in [2.75, 3.05) is 11.9 Å². The van der Waals surface area contributed by atoms with Crippen LogP contribution in [0.5, 0.6) is 0 Å². The van der Waals surface area contributed by atoms with Crippen LogP contribution in [0.1, 0.15) is 23.2 Å². The molecule has 1 aromatic carbocycles. The van der Waals surface area contributed by atoms with Gasteiger partial charge in [-0.25, -0.2) is 9.18 Å². The predicted molar refractivity (Wildman–Crippen MR) is 58.7 cm³/mol. The third-order valence-electron chi connectivity index (χ3n) is 2.10. The highest BCUT2D eigenvalue weighted by atomic mass is 19.1. The summed E-state index contributed by atoms with van der Waals surface area (Å²) in [4.78, 5) is 20.9. The van der Waals surface area contributed by atoms with Gasteiger partial charge in [0, 0.05) is 13.0 Å². The van der Waals surface area contributed by atoms with Crippen LogP contribution in [0, 0.1) is 5.82 Å². The Labute approximate surface area is 96.9 Å². The lowest BCUT2D eigenvalue weighted by Crippen LogP contribution is -2.07. The fourth-order valence-electron chi connectivity index (χ4n) is 1.26. The van der Waals surface area contributed by atoms with Crippen molar-refractivity contribution in [3.05, 3.63) is 29.6 Å². The zero-order valence-corrected chi connectivity index (χ0v) is 8.94. The molecular formula is C11H12FNO4. The molecule has 0 amide bonds. The molecule has 0 aromatic heterocycles. The van der Waals surface area contributed by atoms with Gasteiger partial charge in [-0.05, 0) is 24.6 Å². The average Bonchev–Trinajstić information content (AvgIpc) is 2.25. The Morgan fingerprint density at radius 2 is 2.00 bits per heavy atom. The summed E-state index contributed by atoms with van der Waals surface area (Å²) in [5, 5.41) is 19.8. The van der Waals surface area contributed by atoms with E-state index in [0.717, 1.165) is 6.07 Å². The highest BCUT2D eigenvalue weighted by molar-refractivity contribution is 5.88. The molecule has 0 saturated heterocycles. The second kappa shape index (κ2) is 5.83. The molecule has 0 fully saturated rings. The normalized spacial score (nSPS) is 9.94. The fourth-order valence-corrected chi connectivity index (χ4v) is 1.26. The Balaban J connectivity index is 2.60. The predicted octanol–water partition coefficient (Wildman–Crippen LogP) is 1.80. The number of hydrogen-bond donors (Lipinski definition) is 3. The molecule has 0 radical (unpaired) electrons. The molecule has 1 aromatic rings. The van der Waals surface area contributed by atoms with Crippen LogP contribution in [-0.2, 0) is 4.79 Å². The number of aliphatic carboxylic acids is 1. The minimum absolute atomic E-state index is 0.0206. The van der Waals surface area contributed by atoms with Gasteiger partial charge < -0.3 is 15.5 Å². The first-order valence-corrected chi connectivity index (χ1v) is 4.99. The van der Waals surface area contributed by atoms with Crippen LogP contribution in [0.3, 0.4) is 0 Å². The van der Waals surface area contributed by atoms with Gasteiger partial charge in [0.05, 0.1) is 11.3 Å². The topological polar surface area (TPSA) is 86.6 Å². The molecule has 0 atom stereocenters. The number of nitrogens with one attached hydrogen (secondary N) is 1. The summed E-state index contributed by atoms with van der Waals surface area (Å²) in [5.74, 6) is -2.63. The zero-order chi connectivity index (χ0) is 12.8. The van der Waals surface area contributed by atoms with Gasteiger partial charge in [0.1, 0.15) is 5.82 Å². The second-order valence-electron chi connectivity index (χ2n) is 3.42. The minimum atomic E-state index is -1.14. The molecule has 92 valence electrons. The number of benzene rings is 1. The highest BCUT2D eigenvalue weighted by Crippen LogP contribution is 2.16. The van der Waals surface area contributed by atoms with Crippen LogP contribution < -0.4 is 5.32 Å². The van der Waals surface area contributed by atoms with E-state index < -0.39 is 17.8 Å². The van der Waals surface area contributed by atoms with Crippen molar-refractivity contribution in [3.63, 3.8) is 0 Å². The first kappa shape index (κ1) is 13.0. The number of carboxylic acid groups (broad SMARTS) is 2. The molecule has 0 bridgehead atoms. The van der Waals surface area contributed by atoms with Gasteiger partial charge in [-0.15, -0.1) is 0 Å². The third-order valence-corrected chi connectivity index (χ3v) is 2.10. The smallest absolute Gasteiger partial charge is 0.335 e. The van der Waals surface area contributed by atoms with Crippen LogP contribution in [0.4, 0.5) is 10.1 Å². The summed E-state index contributed by atoms with van der Waals surface area (Å²) >= 11 is 0. The first-order valence-electron chi connectivity index (χ1n) is 4.99. The van der Waals surface area contributed by atoms with Gasteiger partial charge >= 0.3 is 11.9 Å². The van der Waals surface area contributed by atoms with E-state index >= 15 is 0 Å². The summed E-state index contributed by atoms with van der Waals surface area (Å²) in [6, 6.07) is 3.40. The standard InChI is InChI=1S/C11H12FNO4/c12-8-4-3-7(11(16)17)6-9(8)13-5-1-2-10(14)15/h3-4,6,13H,1-2,5H2,(H,14,15)(H,16,17). The molecule has 0 unspecified atom stereocenters. The SMILES string of the molecule is O=C(O)CCCNc1cc(C(=O)O)ccc1F. The summed E-state index contributed by atoms with van der Waals surface area (Å²) < 4.78 is 13.2. The third kappa shape index (κ3) is 4.10. The van der Waals surface area contributed by atoms with Crippen molar-refractivity contribution in [3.8, 4) is 0 Å². The van der Waals surface area contributed by atoms with E-state index in [1.807, 2.05) is 0 Å². The maximum Gasteiger partial charge on any atom is 0.335 e. The molecule has 0 aliphatic carbocycles. The molecule has 0 aliphatic rings. The van der Waals surface area contributed by atoms with E-state index in [0.29, 0.717) is 6.42 Å². The van der Waals surface area contributed by atoms with E-state index in [1.165, 1.54) is 12.1 Å². The molecule has 6 heteroatoms. The van der Waals surface area contributed by atoms with Gasteiger partial charge in [0.25, 0.3) is 0 Å². The Morgan fingerprint density at radius 3 is 2.59 bits per heavy atom. The molecule has 5 nitrogen and oxygen atoms in total. The molecule has 0 aliphatic heterocycles. The number of hydrogen-bond acceptors (Lipinski definition) is 3. The highest BCUT2D eigenvalue weighted by Gasteiger charge is 2.07. The van der Waals surface area contributed by atoms with Crippen LogP contribution >= 0.6 is 0 Å². The number of carbonyl (C=O) groups is 2. The van der Waals surface area contributed by atoms with Gasteiger partial charge in [0.2, 0.25) is 0 Å². The molecule has 3 N–H and O–H groups in total. The monoisotopic (exact) mass is 241 g/mol. The minimum Gasteiger partial charge on any atom is -0.481 e.